The highest BCUT2D eigenvalue weighted by molar-refractivity contribution is 7.90. The summed E-state index contributed by atoms with van der Waals surface area (Å²) in [6.07, 6.45) is -3.16. The highest BCUT2D eigenvalue weighted by atomic mass is 32.2. The third-order valence-electron chi connectivity index (χ3n) is 5.18. The maximum atomic E-state index is 13.2. The second-order valence-electron chi connectivity index (χ2n) is 7.97. The number of aliphatic hydroxyl groups excluding tert-OH is 2. The summed E-state index contributed by atoms with van der Waals surface area (Å²) in [5.41, 5.74) is 0.283. The van der Waals surface area contributed by atoms with Crippen molar-refractivity contribution < 1.29 is 40.7 Å². The van der Waals surface area contributed by atoms with Crippen molar-refractivity contribution in [3.63, 3.8) is 0 Å². The Morgan fingerprint density at radius 2 is 1.88 bits per heavy atom. The number of halogens is 1. The molecule has 0 saturated carbocycles. The molecule has 15 heteroatoms. The highest BCUT2D eigenvalue weighted by Gasteiger charge is 2.40. The van der Waals surface area contributed by atoms with E-state index in [-0.39, 0.29) is 29.7 Å². The molecule has 2 aromatic rings. The molecule has 4 atom stereocenters. The Balaban J connectivity index is 1.99. The van der Waals surface area contributed by atoms with E-state index in [1.807, 2.05) is 4.72 Å². The molecule has 0 aliphatic carbocycles. The van der Waals surface area contributed by atoms with E-state index in [0.29, 0.717) is 0 Å². The fraction of sp³-hybridized carbons (Fsp3) is 0.474. The van der Waals surface area contributed by atoms with E-state index >= 15 is 0 Å². The van der Waals surface area contributed by atoms with Crippen molar-refractivity contribution in [3.8, 4) is 5.88 Å². The number of nitrogens with one attached hydrogen (secondary N) is 1. The van der Waals surface area contributed by atoms with Crippen LogP contribution >= 0.6 is 0 Å². The van der Waals surface area contributed by atoms with Gasteiger partial charge in [-0.1, -0.05) is 19.1 Å². The molecule has 0 spiro atoms. The molecule has 0 bridgehead atoms. The zero-order valence-electron chi connectivity index (χ0n) is 18.2. The minimum Gasteiger partial charge on any atom is -0.472 e. The molecule has 1 saturated heterocycles. The largest absolute Gasteiger partial charge is 0.472 e. The Hall–Kier alpha value is -2.43. The monoisotopic (exact) mass is 520 g/mol. The molecule has 1 aromatic heterocycles. The van der Waals surface area contributed by atoms with Gasteiger partial charge < -0.3 is 19.8 Å². The molecular formula is C19H25FN4O8S2. The summed E-state index contributed by atoms with van der Waals surface area (Å²) in [5.74, 6) is -1.57. The van der Waals surface area contributed by atoms with E-state index in [1.54, 1.807) is 6.92 Å². The van der Waals surface area contributed by atoms with Gasteiger partial charge in [-0.05, 0) is 24.6 Å². The van der Waals surface area contributed by atoms with E-state index in [1.165, 1.54) is 30.0 Å². The van der Waals surface area contributed by atoms with Crippen LogP contribution in [0.15, 0.2) is 35.5 Å². The van der Waals surface area contributed by atoms with Crippen LogP contribution in [0, 0.1) is 11.7 Å². The van der Waals surface area contributed by atoms with E-state index in [4.69, 9.17) is 14.4 Å². The lowest BCUT2D eigenvalue weighted by Crippen LogP contribution is -2.63. The smallest absolute Gasteiger partial charge is 0.335 e. The van der Waals surface area contributed by atoms with E-state index < -0.39 is 61.8 Å². The number of rotatable bonds is 10. The van der Waals surface area contributed by atoms with Gasteiger partial charge in [0.05, 0.1) is 12.4 Å². The molecule has 188 valence electrons. The van der Waals surface area contributed by atoms with Crippen LogP contribution in [0.3, 0.4) is 0 Å². The lowest BCUT2D eigenvalue weighted by Gasteiger charge is -2.46. The molecule has 2 heterocycles. The number of aromatic nitrogens is 2. The molecule has 34 heavy (non-hydrogen) atoms. The second-order valence-corrected chi connectivity index (χ2v) is 11.0. The maximum Gasteiger partial charge on any atom is 0.335 e. The predicted molar refractivity (Wildman–Crippen MR) is 117 cm³/mol. The first-order valence-corrected chi connectivity index (χ1v) is 13.2. The molecule has 0 amide bonds. The van der Waals surface area contributed by atoms with Gasteiger partial charge in [0, 0.05) is 18.5 Å². The Labute approximate surface area is 196 Å². The van der Waals surface area contributed by atoms with Crippen LogP contribution in [0.1, 0.15) is 19.4 Å². The Morgan fingerprint density at radius 3 is 2.44 bits per heavy atom. The van der Waals surface area contributed by atoms with Gasteiger partial charge in [-0.25, -0.2) is 17.8 Å². The van der Waals surface area contributed by atoms with Crippen molar-refractivity contribution in [3.05, 3.63) is 41.7 Å². The molecule has 0 radical (unpaired) electrons. The molecule has 1 aromatic carbocycles. The van der Waals surface area contributed by atoms with Crippen LogP contribution < -0.4 is 14.4 Å². The number of ether oxygens (including phenoxy) is 1. The van der Waals surface area contributed by atoms with Crippen LogP contribution in [0.2, 0.25) is 0 Å². The fourth-order valence-electron chi connectivity index (χ4n) is 3.28. The molecule has 1 aliphatic heterocycles. The van der Waals surface area contributed by atoms with Crippen LogP contribution in [-0.4, -0.2) is 73.1 Å². The lowest BCUT2D eigenvalue weighted by atomic mass is 9.98. The third kappa shape index (κ3) is 6.37. The first-order valence-electron chi connectivity index (χ1n) is 10.1. The van der Waals surface area contributed by atoms with Crippen molar-refractivity contribution >= 4 is 26.0 Å². The lowest BCUT2D eigenvalue weighted by molar-refractivity contribution is 0.00594. The summed E-state index contributed by atoms with van der Waals surface area (Å²) in [4.78, 5) is 9.40. The van der Waals surface area contributed by atoms with Crippen LogP contribution in [0.4, 0.5) is 10.2 Å². The van der Waals surface area contributed by atoms with Gasteiger partial charge in [-0.15, -0.1) is 0 Å². The van der Waals surface area contributed by atoms with E-state index in [9.17, 15) is 26.3 Å². The average Bonchev–Trinajstić information content (AvgIpc) is 2.76. The van der Waals surface area contributed by atoms with Gasteiger partial charge in [-0.2, -0.15) is 18.1 Å². The Bertz CT molecular complexity index is 1230. The predicted octanol–water partition coefficient (Wildman–Crippen LogP) is -0.115. The summed E-state index contributed by atoms with van der Waals surface area (Å²) in [5, 5.41) is 18.3. The summed E-state index contributed by atoms with van der Waals surface area (Å²) < 4.78 is 78.6. The van der Waals surface area contributed by atoms with Crippen molar-refractivity contribution in [2.24, 2.45) is 5.92 Å². The van der Waals surface area contributed by atoms with Crippen molar-refractivity contribution in [2.75, 3.05) is 18.1 Å². The minimum absolute atomic E-state index is 0.00683. The number of hydrogen-bond acceptors (Lipinski definition) is 10. The summed E-state index contributed by atoms with van der Waals surface area (Å²) >= 11 is 0. The number of hydrogen-bond donors (Lipinski definition) is 4. The SMILES string of the molecule is CC1CN(c2cc(O[C@H](C)[C@@H](O)CO)nc(S(=O)(=O)Cc3ccc(F)cc3)n2)C1NS(=O)(=O)O. The van der Waals surface area contributed by atoms with Gasteiger partial charge in [0.15, 0.2) is 0 Å². The molecular weight excluding hydrogens is 495 g/mol. The number of benzene rings is 1. The van der Waals surface area contributed by atoms with Gasteiger partial charge in [0.25, 0.3) is 5.16 Å². The molecule has 1 aliphatic rings. The van der Waals surface area contributed by atoms with E-state index in [2.05, 4.69) is 9.97 Å². The van der Waals surface area contributed by atoms with Crippen molar-refractivity contribution in [1.29, 1.82) is 0 Å². The fourth-order valence-corrected chi connectivity index (χ4v) is 5.17. The molecule has 1 fully saturated rings. The number of aliphatic hydroxyl groups is 2. The van der Waals surface area contributed by atoms with Gasteiger partial charge >= 0.3 is 10.3 Å². The third-order valence-corrected chi connectivity index (χ3v) is 7.17. The summed E-state index contributed by atoms with van der Waals surface area (Å²) in [7, 11) is -8.73. The topological polar surface area (TPSA) is 179 Å². The normalized spacial score (nSPS) is 20.5. The van der Waals surface area contributed by atoms with Gasteiger partial charge in [-0.3, -0.25) is 4.55 Å². The zero-order chi connectivity index (χ0) is 25.3. The van der Waals surface area contributed by atoms with Crippen LogP contribution in [0.25, 0.3) is 0 Å². The average molecular weight is 521 g/mol. The first kappa shape index (κ1) is 26.2. The molecule has 3 rings (SSSR count). The van der Waals surface area contributed by atoms with Crippen molar-refractivity contribution in [1.82, 2.24) is 14.7 Å². The van der Waals surface area contributed by atoms with E-state index in [0.717, 1.165) is 12.1 Å². The number of sulfone groups is 1. The van der Waals surface area contributed by atoms with Crippen LogP contribution in [-0.2, 0) is 25.9 Å². The highest BCUT2D eigenvalue weighted by Crippen LogP contribution is 2.31. The first-order chi connectivity index (χ1) is 15.8. The molecule has 4 N–H and O–H groups in total. The summed E-state index contributed by atoms with van der Waals surface area (Å²) in [6, 6.07) is 6.08. The zero-order valence-corrected chi connectivity index (χ0v) is 19.9. The van der Waals surface area contributed by atoms with Gasteiger partial charge in [0.2, 0.25) is 15.7 Å². The number of anilines is 1. The molecule has 2 unspecified atom stereocenters. The van der Waals surface area contributed by atoms with Crippen molar-refractivity contribution in [2.45, 2.75) is 43.1 Å². The maximum absolute atomic E-state index is 13.2. The summed E-state index contributed by atoms with van der Waals surface area (Å²) in [6.45, 7) is 2.81. The Morgan fingerprint density at radius 1 is 1.24 bits per heavy atom. The molecule has 12 nitrogen and oxygen atoms in total. The van der Waals surface area contributed by atoms with Crippen LogP contribution in [0.5, 0.6) is 5.88 Å². The second kappa shape index (κ2) is 10.1. The Kier molecular flexibility index (Phi) is 7.74. The van der Waals surface area contributed by atoms with Gasteiger partial charge in [0.1, 0.15) is 30.0 Å². The standard InChI is InChI=1S/C19H25FN4O8S2/c1-11-8-24(18(11)23-34(29,30)31)16-7-17(32-12(2)15(26)9-25)22-19(21-16)33(27,28)10-13-3-5-14(20)6-4-13/h3-7,11-12,15,18,23,25-26H,8-10H2,1-2H3,(H,29,30,31)/t11?,12-,15+,18?/m1/s1. The number of nitrogens with zero attached hydrogens (tertiary/aromatic N) is 3. The quantitative estimate of drug-likeness (QED) is 0.242. The minimum atomic E-state index is -4.56.